The Labute approximate surface area is 224 Å². The number of rotatable bonds is 5. The number of piperidine rings is 1. The molecule has 7 nitrogen and oxygen atoms in total. The summed E-state index contributed by atoms with van der Waals surface area (Å²) in [6.07, 6.45) is 0.280. The minimum atomic E-state index is -4.93. The third-order valence-corrected chi connectivity index (χ3v) is 8.48. The molecule has 1 saturated heterocycles. The summed E-state index contributed by atoms with van der Waals surface area (Å²) in [6.45, 7) is 2.76. The molecule has 1 aliphatic carbocycles. The van der Waals surface area contributed by atoms with Crippen LogP contribution in [0.2, 0.25) is 0 Å². The zero-order valence-electron chi connectivity index (χ0n) is 21.6. The Morgan fingerprint density at radius 3 is 2.36 bits per heavy atom. The Bertz CT molecular complexity index is 1230. The summed E-state index contributed by atoms with van der Waals surface area (Å²) in [6, 6.07) is 11.8. The normalized spacial score (nSPS) is 22.4. The second kappa shape index (κ2) is 11.0. The first-order chi connectivity index (χ1) is 18.6. The molecule has 1 amide bonds. The predicted molar refractivity (Wildman–Crippen MR) is 138 cm³/mol. The predicted octanol–water partition coefficient (Wildman–Crippen LogP) is 6.05. The maximum atomic E-state index is 13.5. The number of halogens is 4. The largest absolute Gasteiger partial charge is 0.451 e. The fourth-order valence-corrected chi connectivity index (χ4v) is 6.32. The summed E-state index contributed by atoms with van der Waals surface area (Å²) >= 11 is 0. The molecular weight excluding hydrogens is 512 g/mol. The topological polar surface area (TPSA) is 86.9 Å². The number of nitrogens with one attached hydrogen (secondary N) is 2. The molecule has 2 unspecified atom stereocenters. The fourth-order valence-electron chi connectivity index (χ4n) is 6.32. The van der Waals surface area contributed by atoms with Crippen LogP contribution in [0.25, 0.3) is 0 Å². The number of nitrogens with zero attached hydrogens (tertiary/aromatic N) is 4. The van der Waals surface area contributed by atoms with Crippen LogP contribution in [0.5, 0.6) is 0 Å². The molecule has 2 aliphatic heterocycles. The quantitative estimate of drug-likeness (QED) is 0.158. The van der Waals surface area contributed by atoms with Gasteiger partial charge in [0, 0.05) is 25.0 Å². The molecule has 2 aromatic rings. The van der Waals surface area contributed by atoms with E-state index in [2.05, 4.69) is 10.1 Å². The van der Waals surface area contributed by atoms with E-state index in [4.69, 9.17) is 10.9 Å². The first kappa shape index (κ1) is 27.2. The van der Waals surface area contributed by atoms with Gasteiger partial charge in [0.1, 0.15) is 5.82 Å². The Balaban J connectivity index is 1.18. The van der Waals surface area contributed by atoms with E-state index in [0.29, 0.717) is 30.5 Å². The standard InChI is InChI=1S/C28H32F4N6O/c29-23-5-1-18(2-6-23)20-9-12-36(13-10-20)24-7-4-21(15-24)26(39)37-14-11-19-3-8-25(16-22(19)17-37)38(35-34)27(33)28(30,31)32/h1-3,5-6,8,16,20-21,24,33-34H,4,7,9-15,17H2. The third kappa shape index (κ3) is 5.83. The molecule has 1 saturated carbocycles. The Morgan fingerprint density at radius 2 is 1.69 bits per heavy atom. The number of alkyl halides is 3. The average molecular weight is 545 g/mol. The van der Waals surface area contributed by atoms with Crippen molar-refractivity contribution in [3.8, 4) is 0 Å². The monoisotopic (exact) mass is 544 g/mol. The molecule has 0 aromatic heterocycles. The summed E-state index contributed by atoms with van der Waals surface area (Å²) in [4.78, 5) is 17.7. The van der Waals surface area contributed by atoms with Crippen molar-refractivity contribution in [3.63, 3.8) is 0 Å². The smallest absolute Gasteiger partial charge is 0.338 e. The van der Waals surface area contributed by atoms with Crippen molar-refractivity contribution in [3.05, 3.63) is 65.0 Å². The van der Waals surface area contributed by atoms with Gasteiger partial charge >= 0.3 is 6.18 Å². The van der Waals surface area contributed by atoms with E-state index in [0.717, 1.165) is 50.8 Å². The van der Waals surface area contributed by atoms with Gasteiger partial charge < -0.3 is 9.80 Å². The van der Waals surface area contributed by atoms with E-state index in [1.54, 1.807) is 11.0 Å². The van der Waals surface area contributed by atoms with Crippen LogP contribution < -0.4 is 5.01 Å². The summed E-state index contributed by atoms with van der Waals surface area (Å²) in [5, 5.41) is 10.5. The molecule has 39 heavy (non-hydrogen) atoms. The van der Waals surface area contributed by atoms with Gasteiger partial charge in [-0.15, -0.1) is 0 Å². The SMILES string of the molecule is N=NN(C(=N)C(F)(F)F)c1ccc2c(c1)CN(C(=O)C1CCC(N3CCC(c4ccc(F)cc4)CC3)C1)CC2. The van der Waals surface area contributed by atoms with E-state index in [1.807, 2.05) is 12.1 Å². The molecule has 208 valence electrons. The number of likely N-dealkylation sites (tertiary alicyclic amines) is 1. The van der Waals surface area contributed by atoms with Crippen LogP contribution in [0, 0.1) is 22.7 Å². The lowest BCUT2D eigenvalue weighted by Gasteiger charge is -2.36. The molecule has 2 atom stereocenters. The van der Waals surface area contributed by atoms with Gasteiger partial charge in [-0.3, -0.25) is 10.2 Å². The van der Waals surface area contributed by atoms with Crippen LogP contribution >= 0.6 is 0 Å². The van der Waals surface area contributed by atoms with Crippen molar-refractivity contribution in [2.24, 2.45) is 11.1 Å². The zero-order valence-corrected chi connectivity index (χ0v) is 21.6. The highest BCUT2D eigenvalue weighted by Crippen LogP contribution is 2.36. The number of hydrogen-bond acceptors (Lipinski definition) is 5. The minimum Gasteiger partial charge on any atom is -0.338 e. The number of amides is 1. The molecule has 2 fully saturated rings. The fraction of sp³-hybridized carbons (Fsp3) is 0.500. The summed E-state index contributed by atoms with van der Waals surface area (Å²) in [7, 11) is 0. The van der Waals surface area contributed by atoms with Crippen molar-refractivity contribution in [2.75, 3.05) is 24.6 Å². The average Bonchev–Trinajstić information content (AvgIpc) is 3.43. The number of carbonyl (C=O) groups is 1. The molecule has 2 aromatic carbocycles. The Morgan fingerprint density at radius 1 is 0.974 bits per heavy atom. The highest BCUT2D eigenvalue weighted by atomic mass is 19.4. The van der Waals surface area contributed by atoms with Gasteiger partial charge in [-0.05, 0) is 98.5 Å². The van der Waals surface area contributed by atoms with Crippen molar-refractivity contribution in [1.29, 1.82) is 10.9 Å². The number of amidine groups is 1. The van der Waals surface area contributed by atoms with Crippen LogP contribution in [-0.4, -0.2) is 53.4 Å². The number of hydrogen-bond donors (Lipinski definition) is 2. The minimum absolute atomic E-state index is 0.0228. The molecule has 0 spiro atoms. The van der Waals surface area contributed by atoms with E-state index in [1.165, 1.54) is 29.8 Å². The molecule has 0 radical (unpaired) electrons. The second-order valence-corrected chi connectivity index (χ2v) is 10.7. The van der Waals surface area contributed by atoms with Crippen LogP contribution in [0.15, 0.2) is 47.7 Å². The van der Waals surface area contributed by atoms with Crippen LogP contribution in [0.1, 0.15) is 54.7 Å². The van der Waals surface area contributed by atoms with Gasteiger partial charge in [0.2, 0.25) is 11.7 Å². The summed E-state index contributed by atoms with van der Waals surface area (Å²) in [5.41, 5.74) is 9.98. The lowest BCUT2D eigenvalue weighted by Crippen LogP contribution is -2.42. The van der Waals surface area contributed by atoms with Gasteiger partial charge in [0.25, 0.3) is 0 Å². The van der Waals surface area contributed by atoms with Crippen molar-refractivity contribution < 1.29 is 22.4 Å². The molecule has 0 bridgehead atoms. The Hall–Kier alpha value is -3.34. The first-order valence-corrected chi connectivity index (χ1v) is 13.4. The number of fused-ring (bicyclic) bond motifs is 1. The number of benzene rings is 2. The van der Waals surface area contributed by atoms with Crippen molar-refractivity contribution in [2.45, 2.75) is 63.2 Å². The van der Waals surface area contributed by atoms with E-state index < -0.39 is 12.0 Å². The van der Waals surface area contributed by atoms with Crippen LogP contribution in [0.3, 0.4) is 0 Å². The van der Waals surface area contributed by atoms with Crippen LogP contribution in [0.4, 0.5) is 23.2 Å². The van der Waals surface area contributed by atoms with Crippen LogP contribution in [-0.2, 0) is 17.8 Å². The zero-order chi connectivity index (χ0) is 27.7. The lowest BCUT2D eigenvalue weighted by atomic mass is 9.88. The summed E-state index contributed by atoms with van der Waals surface area (Å²) < 4.78 is 52.4. The molecular formula is C28H32F4N6O. The van der Waals surface area contributed by atoms with Gasteiger partial charge in [-0.2, -0.15) is 23.7 Å². The number of carbonyl (C=O) groups excluding carboxylic acids is 1. The summed E-state index contributed by atoms with van der Waals surface area (Å²) in [5.74, 6) is -1.52. The maximum Gasteiger partial charge on any atom is 0.451 e. The molecule has 11 heteroatoms. The van der Waals surface area contributed by atoms with E-state index in [-0.39, 0.29) is 34.9 Å². The molecule has 3 aliphatic rings. The second-order valence-electron chi connectivity index (χ2n) is 10.7. The molecule has 2 N–H and O–H groups in total. The number of anilines is 1. The first-order valence-electron chi connectivity index (χ1n) is 13.4. The highest BCUT2D eigenvalue weighted by Gasteiger charge is 2.40. The maximum absolute atomic E-state index is 13.5. The van der Waals surface area contributed by atoms with Gasteiger partial charge in [-0.25, -0.2) is 4.39 Å². The van der Waals surface area contributed by atoms with Gasteiger partial charge in [0.05, 0.1) is 5.69 Å². The van der Waals surface area contributed by atoms with Crippen molar-refractivity contribution in [1.82, 2.24) is 9.80 Å². The molecule has 2 heterocycles. The van der Waals surface area contributed by atoms with E-state index in [9.17, 15) is 22.4 Å². The molecule has 5 rings (SSSR count). The van der Waals surface area contributed by atoms with Gasteiger partial charge in [-0.1, -0.05) is 23.4 Å². The van der Waals surface area contributed by atoms with Crippen molar-refractivity contribution >= 4 is 17.4 Å². The van der Waals surface area contributed by atoms with E-state index >= 15 is 0 Å². The Kier molecular flexibility index (Phi) is 7.70. The lowest BCUT2D eigenvalue weighted by molar-refractivity contribution is -0.136. The highest BCUT2D eigenvalue weighted by molar-refractivity contribution is 5.98. The third-order valence-electron chi connectivity index (χ3n) is 8.48. The van der Waals surface area contributed by atoms with Gasteiger partial charge in [0.15, 0.2) is 0 Å².